The van der Waals surface area contributed by atoms with Gasteiger partial charge in [0.15, 0.2) is 0 Å². The van der Waals surface area contributed by atoms with Crippen LogP contribution in [0, 0.1) is 0 Å². The summed E-state index contributed by atoms with van der Waals surface area (Å²) in [4.78, 5) is 15.3. The zero-order valence-electron chi connectivity index (χ0n) is 11.6. The Morgan fingerprint density at radius 1 is 1.25 bits per heavy atom. The van der Waals surface area contributed by atoms with Crippen molar-refractivity contribution in [1.82, 2.24) is 10.3 Å². The van der Waals surface area contributed by atoms with Crippen LogP contribution in [0.1, 0.15) is 42.5 Å². The number of hydrogen-bond acceptors (Lipinski definition) is 1. The van der Waals surface area contributed by atoms with Gasteiger partial charge in [0.1, 0.15) is 0 Å². The van der Waals surface area contributed by atoms with Crippen molar-refractivity contribution in [2.75, 3.05) is 6.54 Å². The summed E-state index contributed by atoms with van der Waals surface area (Å²) in [6.45, 7) is 0.726. The van der Waals surface area contributed by atoms with Gasteiger partial charge in [-0.2, -0.15) is 0 Å². The second kappa shape index (κ2) is 5.95. The Kier molecular flexibility index (Phi) is 3.86. The average molecular weight is 268 g/mol. The molecule has 0 radical (unpaired) electrons. The number of carbonyl (C=O) groups is 1. The van der Waals surface area contributed by atoms with Gasteiger partial charge in [-0.3, -0.25) is 4.79 Å². The van der Waals surface area contributed by atoms with E-state index in [0.717, 1.165) is 29.4 Å². The van der Waals surface area contributed by atoms with Gasteiger partial charge in [-0.1, -0.05) is 29.8 Å². The molecule has 1 aromatic carbocycles. The number of para-hydroxylation sites is 1. The van der Waals surface area contributed by atoms with Gasteiger partial charge >= 0.3 is 0 Å². The lowest BCUT2D eigenvalue weighted by Gasteiger charge is -2.12. The van der Waals surface area contributed by atoms with Crippen molar-refractivity contribution >= 4 is 16.8 Å². The number of aromatic nitrogens is 1. The molecule has 0 fully saturated rings. The van der Waals surface area contributed by atoms with E-state index in [1.54, 1.807) is 6.20 Å². The lowest BCUT2D eigenvalue weighted by atomic mass is 9.97. The average Bonchev–Trinajstić information content (AvgIpc) is 2.92. The summed E-state index contributed by atoms with van der Waals surface area (Å²) >= 11 is 0. The highest BCUT2D eigenvalue weighted by Crippen LogP contribution is 2.20. The van der Waals surface area contributed by atoms with E-state index in [-0.39, 0.29) is 5.91 Å². The standard InChI is InChI=1S/C17H20N2O/c20-17(18-11-10-13-6-2-1-3-7-13)15-12-19-16-9-5-4-8-14(15)16/h4-6,8-9,12,19H,1-3,7,10-11H2,(H,18,20). The molecule has 0 aliphatic heterocycles. The molecule has 0 atom stereocenters. The molecule has 1 amide bonds. The van der Waals surface area contributed by atoms with Gasteiger partial charge in [-0.15, -0.1) is 0 Å². The van der Waals surface area contributed by atoms with Gasteiger partial charge in [-0.25, -0.2) is 0 Å². The molecule has 3 nitrogen and oxygen atoms in total. The Labute approximate surface area is 119 Å². The second-order valence-corrected chi connectivity index (χ2v) is 5.36. The van der Waals surface area contributed by atoms with Gasteiger partial charge in [-0.05, 0) is 38.2 Å². The Morgan fingerprint density at radius 3 is 3.00 bits per heavy atom. The number of aromatic amines is 1. The van der Waals surface area contributed by atoms with Crippen LogP contribution in [-0.4, -0.2) is 17.4 Å². The molecule has 3 heteroatoms. The number of H-pyrrole nitrogens is 1. The molecule has 1 aliphatic carbocycles. The second-order valence-electron chi connectivity index (χ2n) is 5.36. The number of amides is 1. The molecule has 2 N–H and O–H groups in total. The third-order valence-electron chi connectivity index (χ3n) is 3.95. The summed E-state index contributed by atoms with van der Waals surface area (Å²) < 4.78 is 0. The van der Waals surface area contributed by atoms with Crippen molar-refractivity contribution < 1.29 is 4.79 Å². The first-order chi connectivity index (χ1) is 9.84. The third kappa shape index (κ3) is 2.77. The Bertz CT molecular complexity index is 639. The minimum Gasteiger partial charge on any atom is -0.360 e. The van der Waals surface area contributed by atoms with Crippen LogP contribution in [-0.2, 0) is 0 Å². The molecule has 3 rings (SSSR count). The Hall–Kier alpha value is -2.03. The fraction of sp³-hybridized carbons (Fsp3) is 0.353. The normalized spacial score (nSPS) is 15.1. The van der Waals surface area contributed by atoms with Gasteiger partial charge < -0.3 is 10.3 Å². The topological polar surface area (TPSA) is 44.9 Å². The van der Waals surface area contributed by atoms with Gasteiger partial charge in [0, 0.05) is 23.6 Å². The molecule has 1 aliphatic rings. The van der Waals surface area contributed by atoms with E-state index in [4.69, 9.17) is 0 Å². The van der Waals surface area contributed by atoms with Crippen LogP contribution in [0.4, 0.5) is 0 Å². The minimum atomic E-state index is 0.0128. The summed E-state index contributed by atoms with van der Waals surface area (Å²) in [7, 11) is 0. The SMILES string of the molecule is O=C(NCCC1=CCCCC1)c1c[nH]c2ccccc12. The number of carbonyl (C=O) groups excluding carboxylic acids is 1. The first-order valence-corrected chi connectivity index (χ1v) is 7.37. The van der Waals surface area contributed by atoms with Crippen molar-refractivity contribution in [3.05, 3.63) is 47.7 Å². The zero-order chi connectivity index (χ0) is 13.8. The number of rotatable bonds is 4. The van der Waals surface area contributed by atoms with E-state index >= 15 is 0 Å². The monoisotopic (exact) mass is 268 g/mol. The van der Waals surface area contributed by atoms with Crippen molar-refractivity contribution in [2.45, 2.75) is 32.1 Å². The maximum absolute atomic E-state index is 12.2. The van der Waals surface area contributed by atoms with E-state index < -0.39 is 0 Å². The van der Waals surface area contributed by atoms with Gasteiger partial charge in [0.2, 0.25) is 0 Å². The molecule has 20 heavy (non-hydrogen) atoms. The van der Waals surface area contributed by atoms with Crippen molar-refractivity contribution in [2.24, 2.45) is 0 Å². The van der Waals surface area contributed by atoms with Crippen LogP contribution in [0.2, 0.25) is 0 Å². The fourth-order valence-corrected chi connectivity index (χ4v) is 2.82. The molecule has 0 saturated heterocycles. The van der Waals surface area contributed by atoms with Crippen LogP contribution in [0.15, 0.2) is 42.1 Å². The van der Waals surface area contributed by atoms with Gasteiger partial charge in [0.25, 0.3) is 5.91 Å². The van der Waals surface area contributed by atoms with Crippen LogP contribution in [0.5, 0.6) is 0 Å². The van der Waals surface area contributed by atoms with E-state index in [1.807, 2.05) is 24.3 Å². The molecular formula is C17H20N2O. The van der Waals surface area contributed by atoms with Gasteiger partial charge in [0.05, 0.1) is 5.56 Å². The number of allylic oxidation sites excluding steroid dienone is 1. The molecule has 1 aromatic heterocycles. The lowest BCUT2D eigenvalue weighted by Crippen LogP contribution is -2.24. The summed E-state index contributed by atoms with van der Waals surface area (Å²) in [5.41, 5.74) is 3.24. The summed E-state index contributed by atoms with van der Waals surface area (Å²) in [5.74, 6) is 0.0128. The first kappa shape index (κ1) is 13.0. The van der Waals surface area contributed by atoms with Crippen LogP contribution >= 0.6 is 0 Å². The fourth-order valence-electron chi connectivity index (χ4n) is 2.82. The van der Waals surface area contributed by atoms with Crippen LogP contribution in [0.3, 0.4) is 0 Å². The first-order valence-electron chi connectivity index (χ1n) is 7.37. The number of nitrogens with one attached hydrogen (secondary N) is 2. The summed E-state index contributed by atoms with van der Waals surface area (Å²) in [5, 5.41) is 4.01. The van der Waals surface area contributed by atoms with Crippen molar-refractivity contribution in [3.8, 4) is 0 Å². The van der Waals surface area contributed by atoms with E-state index in [2.05, 4.69) is 16.4 Å². The highest BCUT2D eigenvalue weighted by atomic mass is 16.1. The quantitative estimate of drug-likeness (QED) is 0.814. The third-order valence-corrected chi connectivity index (χ3v) is 3.95. The molecule has 0 bridgehead atoms. The van der Waals surface area contributed by atoms with Crippen molar-refractivity contribution in [1.29, 1.82) is 0 Å². The maximum atomic E-state index is 12.2. The molecule has 1 heterocycles. The van der Waals surface area contributed by atoms with Crippen LogP contribution < -0.4 is 5.32 Å². The van der Waals surface area contributed by atoms with E-state index in [0.29, 0.717) is 0 Å². The smallest absolute Gasteiger partial charge is 0.253 e. The van der Waals surface area contributed by atoms with Crippen LogP contribution in [0.25, 0.3) is 10.9 Å². The highest BCUT2D eigenvalue weighted by molar-refractivity contribution is 6.06. The number of fused-ring (bicyclic) bond motifs is 1. The Balaban J connectivity index is 1.60. The van der Waals surface area contributed by atoms with E-state index in [1.165, 1.54) is 31.3 Å². The highest BCUT2D eigenvalue weighted by Gasteiger charge is 2.11. The molecule has 0 spiro atoms. The molecular weight excluding hydrogens is 248 g/mol. The van der Waals surface area contributed by atoms with Crippen molar-refractivity contribution in [3.63, 3.8) is 0 Å². The summed E-state index contributed by atoms with van der Waals surface area (Å²) in [6, 6.07) is 7.89. The molecule has 0 saturated carbocycles. The number of hydrogen-bond donors (Lipinski definition) is 2. The van der Waals surface area contributed by atoms with E-state index in [9.17, 15) is 4.79 Å². The predicted molar refractivity (Wildman–Crippen MR) is 81.8 cm³/mol. The Morgan fingerprint density at radius 2 is 2.15 bits per heavy atom. The maximum Gasteiger partial charge on any atom is 0.253 e. The molecule has 104 valence electrons. The summed E-state index contributed by atoms with van der Waals surface area (Å²) in [6.07, 6.45) is 10.1. The predicted octanol–water partition coefficient (Wildman–Crippen LogP) is 3.79. The molecule has 0 unspecified atom stereocenters. The zero-order valence-corrected chi connectivity index (χ0v) is 11.6. The lowest BCUT2D eigenvalue weighted by molar-refractivity contribution is 0.0955. The number of benzene rings is 1. The minimum absolute atomic E-state index is 0.0128. The largest absolute Gasteiger partial charge is 0.360 e. The molecule has 2 aromatic rings.